The van der Waals surface area contributed by atoms with Crippen molar-refractivity contribution in [2.24, 2.45) is 17.8 Å². The first-order valence-electron chi connectivity index (χ1n) is 4.19. The normalized spacial score (nSPS) is 41.2. The minimum atomic E-state index is 0.351. The molecule has 1 fully saturated rings. The zero-order chi connectivity index (χ0) is 7.56. The summed E-state index contributed by atoms with van der Waals surface area (Å²) in [5.41, 5.74) is 0. The first-order chi connectivity index (χ1) is 4.74. The van der Waals surface area contributed by atoms with Crippen LogP contribution in [-0.4, -0.2) is 6.29 Å². The molecule has 3 atom stereocenters. The first-order valence-corrected chi connectivity index (χ1v) is 4.19. The van der Waals surface area contributed by atoms with Crippen LogP contribution in [0.2, 0.25) is 0 Å². The zero-order valence-corrected chi connectivity index (χ0v) is 6.84. The van der Waals surface area contributed by atoms with E-state index in [1.165, 1.54) is 12.8 Å². The summed E-state index contributed by atoms with van der Waals surface area (Å²) in [6.07, 6.45) is 4.81. The summed E-state index contributed by atoms with van der Waals surface area (Å²) < 4.78 is 0. The van der Waals surface area contributed by atoms with Crippen LogP contribution < -0.4 is 0 Å². The van der Waals surface area contributed by atoms with E-state index in [2.05, 4.69) is 13.8 Å². The van der Waals surface area contributed by atoms with Crippen LogP contribution in [0, 0.1) is 17.8 Å². The summed E-state index contributed by atoms with van der Waals surface area (Å²) in [7, 11) is 0. The average molecular weight is 140 g/mol. The second kappa shape index (κ2) is 3.18. The smallest absolute Gasteiger partial charge is 0.123 e. The quantitative estimate of drug-likeness (QED) is 0.510. The molecule has 1 unspecified atom stereocenters. The molecule has 1 rings (SSSR count). The highest BCUT2D eigenvalue weighted by Crippen LogP contribution is 2.31. The van der Waals surface area contributed by atoms with E-state index in [1.807, 2.05) is 0 Å². The number of hydrogen-bond acceptors (Lipinski definition) is 1. The van der Waals surface area contributed by atoms with Crippen molar-refractivity contribution in [3.63, 3.8) is 0 Å². The fourth-order valence-electron chi connectivity index (χ4n) is 1.77. The van der Waals surface area contributed by atoms with Crippen LogP contribution in [0.15, 0.2) is 0 Å². The highest BCUT2D eigenvalue weighted by molar-refractivity contribution is 5.54. The van der Waals surface area contributed by atoms with Gasteiger partial charge in [-0.1, -0.05) is 20.3 Å². The zero-order valence-electron chi connectivity index (χ0n) is 6.84. The molecule has 1 aliphatic rings. The van der Waals surface area contributed by atoms with Crippen molar-refractivity contribution in [1.29, 1.82) is 0 Å². The monoisotopic (exact) mass is 140 g/mol. The van der Waals surface area contributed by atoms with E-state index in [-0.39, 0.29) is 0 Å². The van der Waals surface area contributed by atoms with Crippen molar-refractivity contribution in [3.8, 4) is 0 Å². The molecule has 58 valence electrons. The van der Waals surface area contributed by atoms with E-state index in [9.17, 15) is 4.79 Å². The van der Waals surface area contributed by atoms with Crippen LogP contribution in [-0.2, 0) is 4.79 Å². The van der Waals surface area contributed by atoms with Crippen molar-refractivity contribution < 1.29 is 4.79 Å². The van der Waals surface area contributed by atoms with E-state index < -0.39 is 0 Å². The summed E-state index contributed by atoms with van der Waals surface area (Å²) >= 11 is 0. The number of carbonyl (C=O) groups excluding carboxylic acids is 1. The van der Waals surface area contributed by atoms with Gasteiger partial charge in [0.25, 0.3) is 0 Å². The number of aldehydes is 1. The van der Waals surface area contributed by atoms with Crippen LogP contribution in [0.3, 0.4) is 0 Å². The molecule has 10 heavy (non-hydrogen) atoms. The maximum atomic E-state index is 10.5. The fourth-order valence-corrected chi connectivity index (χ4v) is 1.77. The minimum Gasteiger partial charge on any atom is -0.303 e. The SMILES string of the molecule is CC1CC[C@@H](C)[C@H](C=O)C1. The van der Waals surface area contributed by atoms with Crippen molar-refractivity contribution in [3.05, 3.63) is 0 Å². The van der Waals surface area contributed by atoms with Gasteiger partial charge in [-0.05, 0) is 24.7 Å². The molecular formula is C9H16O. The van der Waals surface area contributed by atoms with Gasteiger partial charge in [-0.2, -0.15) is 0 Å². The Hall–Kier alpha value is -0.330. The molecule has 1 saturated carbocycles. The standard InChI is InChI=1S/C9H16O/c1-7-3-4-8(2)9(5-7)6-10/h6-9H,3-5H2,1-2H3/t7?,8-,9+/m1/s1. The van der Waals surface area contributed by atoms with E-state index in [0.29, 0.717) is 11.8 Å². The van der Waals surface area contributed by atoms with E-state index in [0.717, 1.165) is 18.6 Å². The molecule has 0 aromatic carbocycles. The molecule has 0 saturated heterocycles. The number of hydrogen-bond donors (Lipinski definition) is 0. The molecule has 0 aliphatic heterocycles. The first kappa shape index (κ1) is 7.77. The van der Waals surface area contributed by atoms with Gasteiger partial charge >= 0.3 is 0 Å². The maximum Gasteiger partial charge on any atom is 0.123 e. The molecule has 0 spiro atoms. The van der Waals surface area contributed by atoms with Crippen LogP contribution in [0.1, 0.15) is 33.1 Å². The molecule has 0 bridgehead atoms. The minimum absolute atomic E-state index is 0.351. The maximum absolute atomic E-state index is 10.5. The Labute approximate surface area is 62.8 Å². The topological polar surface area (TPSA) is 17.1 Å². The summed E-state index contributed by atoms with van der Waals surface area (Å²) in [6.45, 7) is 4.42. The van der Waals surface area contributed by atoms with Crippen molar-refractivity contribution in [2.75, 3.05) is 0 Å². The molecule has 1 heteroatoms. The second-order valence-electron chi connectivity index (χ2n) is 3.70. The summed E-state index contributed by atoms with van der Waals surface area (Å²) in [5, 5.41) is 0. The molecule has 0 heterocycles. The Morgan fingerprint density at radius 3 is 2.50 bits per heavy atom. The average Bonchev–Trinajstić information content (AvgIpc) is 1.94. The van der Waals surface area contributed by atoms with Gasteiger partial charge in [0, 0.05) is 5.92 Å². The molecule has 1 nitrogen and oxygen atoms in total. The van der Waals surface area contributed by atoms with Crippen molar-refractivity contribution in [1.82, 2.24) is 0 Å². The Balaban J connectivity index is 2.45. The Kier molecular flexibility index (Phi) is 2.47. The number of carbonyl (C=O) groups is 1. The van der Waals surface area contributed by atoms with Crippen LogP contribution in [0.25, 0.3) is 0 Å². The van der Waals surface area contributed by atoms with Crippen molar-refractivity contribution >= 4 is 6.29 Å². The van der Waals surface area contributed by atoms with E-state index in [4.69, 9.17) is 0 Å². The van der Waals surface area contributed by atoms with Gasteiger partial charge in [0.15, 0.2) is 0 Å². The number of rotatable bonds is 1. The van der Waals surface area contributed by atoms with Crippen LogP contribution in [0.4, 0.5) is 0 Å². The third-order valence-corrected chi connectivity index (χ3v) is 2.70. The van der Waals surface area contributed by atoms with Gasteiger partial charge in [0.2, 0.25) is 0 Å². The second-order valence-corrected chi connectivity index (χ2v) is 3.70. The lowest BCUT2D eigenvalue weighted by molar-refractivity contribution is -0.113. The Morgan fingerprint density at radius 2 is 2.00 bits per heavy atom. The molecule has 0 aromatic rings. The summed E-state index contributed by atoms with van der Waals surface area (Å²) in [6, 6.07) is 0. The van der Waals surface area contributed by atoms with Gasteiger partial charge in [-0.3, -0.25) is 0 Å². The van der Waals surface area contributed by atoms with Gasteiger partial charge in [-0.25, -0.2) is 0 Å². The van der Waals surface area contributed by atoms with E-state index in [1.54, 1.807) is 0 Å². The molecule has 0 N–H and O–H groups in total. The highest BCUT2D eigenvalue weighted by atomic mass is 16.1. The van der Waals surface area contributed by atoms with Crippen molar-refractivity contribution in [2.45, 2.75) is 33.1 Å². The molecule has 0 radical (unpaired) electrons. The summed E-state index contributed by atoms with van der Waals surface area (Å²) in [4.78, 5) is 10.5. The van der Waals surface area contributed by atoms with Crippen LogP contribution in [0.5, 0.6) is 0 Å². The van der Waals surface area contributed by atoms with Gasteiger partial charge in [-0.15, -0.1) is 0 Å². The predicted molar refractivity (Wildman–Crippen MR) is 41.7 cm³/mol. The van der Waals surface area contributed by atoms with Gasteiger partial charge in [0.1, 0.15) is 6.29 Å². The molecule has 0 aromatic heterocycles. The predicted octanol–water partition coefficient (Wildman–Crippen LogP) is 2.26. The third kappa shape index (κ3) is 1.59. The van der Waals surface area contributed by atoms with Crippen LogP contribution >= 0.6 is 0 Å². The molecular weight excluding hydrogens is 124 g/mol. The Bertz CT molecular complexity index is 120. The van der Waals surface area contributed by atoms with Gasteiger partial charge in [0.05, 0.1) is 0 Å². The molecule has 0 amide bonds. The summed E-state index contributed by atoms with van der Waals surface area (Å²) in [5.74, 6) is 1.75. The fraction of sp³-hybridized carbons (Fsp3) is 0.889. The third-order valence-electron chi connectivity index (χ3n) is 2.70. The lowest BCUT2D eigenvalue weighted by Crippen LogP contribution is -2.22. The Morgan fingerprint density at radius 1 is 1.30 bits per heavy atom. The lowest BCUT2D eigenvalue weighted by atomic mass is 9.76. The van der Waals surface area contributed by atoms with E-state index >= 15 is 0 Å². The largest absolute Gasteiger partial charge is 0.303 e. The lowest BCUT2D eigenvalue weighted by Gasteiger charge is -2.28. The highest BCUT2D eigenvalue weighted by Gasteiger charge is 2.24. The van der Waals surface area contributed by atoms with Gasteiger partial charge < -0.3 is 4.79 Å². The molecule has 1 aliphatic carbocycles.